The van der Waals surface area contributed by atoms with Crippen molar-refractivity contribution in [2.45, 2.75) is 38.4 Å². The number of fused-ring (bicyclic) bond motifs is 10. The van der Waals surface area contributed by atoms with Gasteiger partial charge in [0.1, 0.15) is 23.3 Å². The van der Waals surface area contributed by atoms with Crippen LogP contribution in [0.15, 0.2) is 280 Å². The van der Waals surface area contributed by atoms with Gasteiger partial charge in [-0.25, -0.2) is 34.9 Å². The Morgan fingerprint density at radius 1 is 0.312 bits per heavy atom. The summed E-state index contributed by atoms with van der Waals surface area (Å²) in [5.41, 5.74) is 15.0. The third-order valence-electron chi connectivity index (χ3n) is 24.6. The summed E-state index contributed by atoms with van der Waals surface area (Å²) in [4.78, 5) is 56.1. The molecule has 141 heavy (non-hydrogen) atoms. The zero-order chi connectivity index (χ0) is 96.9. The molecule has 0 unspecified atom stereocenters. The Hall–Kier alpha value is -17.6. The van der Waals surface area contributed by atoms with E-state index in [1.54, 1.807) is 61.9 Å². The predicted molar refractivity (Wildman–Crippen MR) is 549 cm³/mol. The number of para-hydroxylation sites is 4. The maximum absolute atomic E-state index is 13.0. The van der Waals surface area contributed by atoms with E-state index in [1.807, 2.05) is 158 Å². The van der Waals surface area contributed by atoms with Crippen LogP contribution in [0.4, 0.5) is 42.4 Å². The van der Waals surface area contributed by atoms with Gasteiger partial charge in [-0.1, -0.05) is 146 Å². The number of methoxy groups -OCH3 is 8. The van der Waals surface area contributed by atoms with E-state index < -0.39 is 11.7 Å². The van der Waals surface area contributed by atoms with Crippen molar-refractivity contribution < 1.29 is 60.5 Å². The molecule has 0 amide bonds. The van der Waals surface area contributed by atoms with Crippen molar-refractivity contribution in [2.75, 3.05) is 116 Å². The van der Waals surface area contributed by atoms with Crippen LogP contribution in [0.3, 0.4) is 0 Å². The number of ether oxygens (including phenoxy) is 10. The summed E-state index contributed by atoms with van der Waals surface area (Å²) < 4.78 is 94.0. The zero-order valence-corrected chi connectivity index (χ0v) is 78.4. The Kier molecular flexibility index (Phi) is 27.5. The predicted octanol–water partition coefficient (Wildman–Crippen LogP) is 23.0. The van der Waals surface area contributed by atoms with Gasteiger partial charge in [-0.3, -0.25) is 4.98 Å². The average molecular weight is 1890 g/mol. The molecular weight excluding hydrogens is 1790 g/mol. The second-order valence-electron chi connectivity index (χ2n) is 33.0. The number of benzene rings is 12. The molecule has 31 heteroatoms. The third-order valence-corrected chi connectivity index (χ3v) is 24.6. The first-order valence-electron chi connectivity index (χ1n) is 45.7. The molecule has 1 aliphatic rings. The van der Waals surface area contributed by atoms with E-state index in [2.05, 4.69) is 147 Å². The number of nitrogens with one attached hydrogen (secondary N) is 9. The fourth-order valence-corrected chi connectivity index (χ4v) is 17.4. The van der Waals surface area contributed by atoms with E-state index in [0.717, 1.165) is 161 Å². The summed E-state index contributed by atoms with van der Waals surface area (Å²) >= 11 is 0. The normalized spacial score (nSPS) is 11.6. The van der Waals surface area contributed by atoms with E-state index in [0.29, 0.717) is 118 Å². The van der Waals surface area contributed by atoms with Crippen LogP contribution in [0.1, 0.15) is 33.4 Å². The number of aromatic amines is 4. The lowest BCUT2D eigenvalue weighted by atomic mass is 10.1. The highest BCUT2D eigenvalue weighted by atomic mass is 19.4. The number of nitrogens with zero attached hydrogens (tertiary/aromatic N) is 9. The number of halogens is 3. The van der Waals surface area contributed by atoms with Crippen molar-refractivity contribution in [2.24, 2.45) is 0 Å². The van der Waals surface area contributed by atoms with Gasteiger partial charge < -0.3 is 93.9 Å². The van der Waals surface area contributed by atoms with Crippen molar-refractivity contribution in [1.82, 2.24) is 64.8 Å². The molecule has 1 aliphatic heterocycles. The number of hydrogen-bond acceptors (Lipinski definition) is 24. The maximum atomic E-state index is 13.0. The van der Waals surface area contributed by atoms with Crippen molar-refractivity contribution in [3.8, 4) is 91.7 Å². The molecular formula is C110H99F3N18O10. The molecule has 0 spiro atoms. The summed E-state index contributed by atoms with van der Waals surface area (Å²) in [5, 5.41) is 27.6. The molecule has 0 fully saturated rings. The van der Waals surface area contributed by atoms with Crippen LogP contribution in [0.5, 0.6) is 57.5 Å². The standard InChI is InChI=1S/C29H25N5O2.C28H27N5O4.C27H23F3N4O2.C26H24N4O2/c1-35-26-13-22-25(14-27(26)36-2)33-29(23-17-30-15-18-7-3-4-8-20(18)23)34-28(22)31-12-11-19-16-32-24-10-6-5-9-21(19)24;1-34-24-12-20-22(13-25(24)35-2)32-28(31-14-17-7-8-23-26(11-17)37-16-36-23)33-27(20)29-10-9-18-15-30-21-6-4-3-5-19(18)21;1-35-23-13-20-22(14-24(23)36-2)33-25(16-7-9-18(10-8-16)27(28,29)30)34-26(20)31-12-11-17-15-32-21-6-4-3-5-19(17)21;1-31-23-14-20-22(15-24(23)32-2)29-25(17-8-4-3-5-9-17)30-26(20)27-13-12-18-16-28-21-11-7-6-10-19(18)21/h3-10,13-17,32H,11-12H2,1-2H3,(H,31,33,34);3-8,11-13,15,30H,9-10,14,16H2,1-2H3,(H2,29,31,32,33);3-10,13-15,32H,11-12H2,1-2H3,(H,31,33,34);3-11,14-16,28H,12-13H2,1-2H3,(H,27,29,30). The Labute approximate surface area is 807 Å². The molecule has 0 saturated heterocycles. The second kappa shape index (κ2) is 41.9. The second-order valence-corrected chi connectivity index (χ2v) is 33.0. The van der Waals surface area contributed by atoms with Crippen LogP contribution in [0.2, 0.25) is 0 Å². The minimum Gasteiger partial charge on any atom is -0.493 e. The lowest BCUT2D eigenvalue weighted by Gasteiger charge is -2.14. The Morgan fingerprint density at radius 3 is 1.07 bits per heavy atom. The lowest BCUT2D eigenvalue weighted by Crippen LogP contribution is -2.10. The number of aromatic nitrogens is 13. The SMILES string of the molecule is COc1cc2nc(-c3ccc(C(F)(F)F)cc3)nc(NCCc3c[nH]c4ccccc34)c2cc1OC.COc1cc2nc(-c3ccccc3)nc(NCCc3c[nH]c4ccccc34)c2cc1OC.COc1cc2nc(-c3cncc4ccccc34)nc(NCCc3c[nH]c4ccccc34)c2cc1OC.COc1cc2nc(NCc3ccc4c(c3)OCO4)nc(NCCc3c[nH]c4ccccc34)c2cc1OC. The quantitative estimate of drug-likeness (QED) is 0.0202. The molecule has 21 aromatic rings. The minimum absolute atomic E-state index is 0.249. The summed E-state index contributed by atoms with van der Waals surface area (Å²) in [6.45, 7) is 3.49. The Balaban J connectivity index is 0.000000120. The highest BCUT2D eigenvalue weighted by Gasteiger charge is 2.31. The first-order chi connectivity index (χ1) is 69.1. The number of H-pyrrole nitrogens is 4. The maximum Gasteiger partial charge on any atom is 0.416 e. The van der Waals surface area contributed by atoms with Gasteiger partial charge >= 0.3 is 6.18 Å². The summed E-state index contributed by atoms with van der Waals surface area (Å²) in [5.74, 6) is 11.2. The van der Waals surface area contributed by atoms with Crippen LogP contribution < -0.4 is 74.0 Å². The molecule has 0 radical (unpaired) electrons. The fraction of sp³-hybridized carbons (Fsp3) is 0.173. The molecule has 9 aromatic heterocycles. The third kappa shape index (κ3) is 20.3. The van der Waals surface area contributed by atoms with Crippen molar-refractivity contribution in [3.63, 3.8) is 0 Å². The van der Waals surface area contributed by atoms with Gasteiger partial charge in [0.15, 0.2) is 75.0 Å². The van der Waals surface area contributed by atoms with Crippen LogP contribution in [-0.2, 0) is 38.4 Å². The fourth-order valence-electron chi connectivity index (χ4n) is 17.4. The lowest BCUT2D eigenvalue weighted by molar-refractivity contribution is -0.137. The average Bonchev–Trinajstić information content (AvgIpc) is 1.75. The smallest absolute Gasteiger partial charge is 0.416 e. The largest absolute Gasteiger partial charge is 0.493 e. The molecule has 0 saturated carbocycles. The number of alkyl halides is 3. The van der Waals surface area contributed by atoms with Crippen molar-refractivity contribution in [1.29, 1.82) is 0 Å². The molecule has 710 valence electrons. The van der Waals surface area contributed by atoms with E-state index in [-0.39, 0.29) is 6.79 Å². The molecule has 28 nitrogen and oxygen atoms in total. The van der Waals surface area contributed by atoms with E-state index in [9.17, 15) is 13.2 Å². The number of hydrogen-bond donors (Lipinski definition) is 9. The molecule has 9 N–H and O–H groups in total. The number of pyridine rings is 1. The number of anilines is 5. The molecule has 0 bridgehead atoms. The first-order valence-corrected chi connectivity index (χ1v) is 45.7. The summed E-state index contributed by atoms with van der Waals surface area (Å²) in [6.07, 6.45) is 10.7. The summed E-state index contributed by atoms with van der Waals surface area (Å²) in [7, 11) is 12.8. The number of rotatable bonds is 30. The highest BCUT2D eigenvalue weighted by molar-refractivity contribution is 6.00. The van der Waals surface area contributed by atoms with Crippen LogP contribution in [0, 0.1) is 0 Å². The van der Waals surface area contributed by atoms with Gasteiger partial charge in [0.2, 0.25) is 12.7 Å². The molecule has 10 heterocycles. The molecule has 22 rings (SSSR count). The van der Waals surface area contributed by atoms with Gasteiger partial charge in [0.25, 0.3) is 0 Å². The van der Waals surface area contributed by atoms with E-state index in [4.69, 9.17) is 77.3 Å². The highest BCUT2D eigenvalue weighted by Crippen LogP contribution is 2.43. The van der Waals surface area contributed by atoms with E-state index in [1.165, 1.54) is 57.7 Å². The summed E-state index contributed by atoms with van der Waals surface area (Å²) in [6, 6.07) is 76.8. The zero-order valence-electron chi connectivity index (χ0n) is 78.4. The van der Waals surface area contributed by atoms with Crippen LogP contribution >= 0.6 is 0 Å². The van der Waals surface area contributed by atoms with Gasteiger partial charge in [-0.05, 0) is 132 Å². The molecule has 12 aromatic carbocycles. The van der Waals surface area contributed by atoms with Crippen LogP contribution in [0.25, 0.3) is 132 Å². The van der Waals surface area contributed by atoms with Crippen molar-refractivity contribution >= 4 is 127 Å². The Morgan fingerprint density at radius 2 is 0.660 bits per heavy atom. The van der Waals surface area contributed by atoms with Gasteiger partial charge in [-0.15, -0.1) is 0 Å². The van der Waals surface area contributed by atoms with E-state index >= 15 is 0 Å². The van der Waals surface area contributed by atoms with Gasteiger partial charge in [0.05, 0.1) is 84.5 Å². The molecule has 0 atom stereocenters. The van der Waals surface area contributed by atoms with Crippen molar-refractivity contribution in [3.05, 3.63) is 313 Å². The first kappa shape index (κ1) is 92.4. The molecule has 0 aliphatic carbocycles. The van der Waals surface area contributed by atoms with Gasteiger partial charge in [-0.2, -0.15) is 18.2 Å². The van der Waals surface area contributed by atoms with Crippen LogP contribution in [-0.4, -0.2) is 155 Å². The Bertz CT molecular complexity index is 8080. The van der Waals surface area contributed by atoms with Gasteiger partial charge in [0, 0.05) is 181 Å². The minimum atomic E-state index is -4.41. The monoisotopic (exact) mass is 1890 g/mol. The topological polar surface area (TPSA) is 332 Å².